The van der Waals surface area contributed by atoms with Crippen molar-refractivity contribution in [2.45, 2.75) is 19.3 Å². The number of likely N-dealkylation sites (tertiary alicyclic amines) is 1. The molecule has 0 aromatic carbocycles. The Bertz CT molecular complexity index is 521. The summed E-state index contributed by atoms with van der Waals surface area (Å²) in [6.45, 7) is 4.70. The Labute approximate surface area is 127 Å². The minimum Gasteiger partial charge on any atom is -0.396 e. The van der Waals surface area contributed by atoms with Gasteiger partial charge in [0.1, 0.15) is 0 Å². The molecule has 1 aromatic rings. The molecular weight excluding hydrogens is 290 g/mol. The Balaban J connectivity index is 1.84. The molecule has 2 heterocycles. The highest BCUT2D eigenvalue weighted by Gasteiger charge is 2.26. The molecule has 0 bridgehead atoms. The Hall–Kier alpha value is -1.73. The van der Waals surface area contributed by atoms with Gasteiger partial charge >= 0.3 is 0 Å². The number of anilines is 1. The summed E-state index contributed by atoms with van der Waals surface area (Å²) in [5.74, 6) is -0.225. The van der Waals surface area contributed by atoms with E-state index in [1.807, 2.05) is 0 Å². The van der Waals surface area contributed by atoms with Crippen LogP contribution in [0.25, 0.3) is 0 Å². The van der Waals surface area contributed by atoms with Gasteiger partial charge in [0, 0.05) is 43.1 Å². The van der Waals surface area contributed by atoms with Crippen LogP contribution in [0.5, 0.6) is 0 Å². The Kier molecular flexibility index (Phi) is 5.46. The molecule has 0 atom stereocenters. The summed E-state index contributed by atoms with van der Waals surface area (Å²) in [5, 5.41) is 12.2. The standard InChI is InChI=1S/C14H19N3O3S/c1-2-12(19)17-6-3-10(4-7-17)13(20)16-14-15-9-11(21-14)5-8-18/h2,9-10,18H,1,3-8H2,(H,15,16,20). The van der Waals surface area contributed by atoms with Crippen LogP contribution in [0.15, 0.2) is 18.9 Å². The number of nitrogens with zero attached hydrogens (tertiary/aromatic N) is 2. The third-order valence-electron chi connectivity index (χ3n) is 3.49. The van der Waals surface area contributed by atoms with Gasteiger partial charge in [0.15, 0.2) is 5.13 Å². The first-order valence-corrected chi connectivity index (χ1v) is 7.73. The van der Waals surface area contributed by atoms with Gasteiger partial charge in [-0.05, 0) is 18.9 Å². The highest BCUT2D eigenvalue weighted by Crippen LogP contribution is 2.22. The van der Waals surface area contributed by atoms with E-state index in [1.165, 1.54) is 17.4 Å². The van der Waals surface area contributed by atoms with Crippen molar-refractivity contribution in [2.75, 3.05) is 25.0 Å². The Morgan fingerprint density at radius 3 is 2.86 bits per heavy atom. The fourth-order valence-corrected chi connectivity index (χ4v) is 3.09. The van der Waals surface area contributed by atoms with E-state index in [-0.39, 0.29) is 24.3 Å². The first kappa shape index (κ1) is 15.7. The van der Waals surface area contributed by atoms with E-state index in [0.29, 0.717) is 37.5 Å². The van der Waals surface area contributed by atoms with Crippen LogP contribution < -0.4 is 5.32 Å². The summed E-state index contributed by atoms with van der Waals surface area (Å²) >= 11 is 1.38. The lowest BCUT2D eigenvalue weighted by Crippen LogP contribution is -2.40. The van der Waals surface area contributed by atoms with Crippen molar-refractivity contribution in [1.29, 1.82) is 0 Å². The van der Waals surface area contributed by atoms with Crippen LogP contribution in [-0.4, -0.2) is 46.5 Å². The molecule has 1 fully saturated rings. The van der Waals surface area contributed by atoms with Crippen LogP contribution in [0.4, 0.5) is 5.13 Å². The van der Waals surface area contributed by atoms with Crippen LogP contribution in [-0.2, 0) is 16.0 Å². The predicted molar refractivity (Wildman–Crippen MR) is 81.0 cm³/mol. The Morgan fingerprint density at radius 2 is 2.24 bits per heavy atom. The monoisotopic (exact) mass is 309 g/mol. The fourth-order valence-electron chi connectivity index (χ4n) is 2.29. The second-order valence-electron chi connectivity index (χ2n) is 4.90. The van der Waals surface area contributed by atoms with Crippen molar-refractivity contribution in [3.63, 3.8) is 0 Å². The zero-order chi connectivity index (χ0) is 15.2. The lowest BCUT2D eigenvalue weighted by molar-refractivity contribution is -0.130. The molecule has 0 radical (unpaired) electrons. The number of aliphatic hydroxyl groups excluding tert-OH is 1. The molecule has 0 saturated carbocycles. The molecule has 2 rings (SSSR count). The summed E-state index contributed by atoms with van der Waals surface area (Å²) in [7, 11) is 0. The quantitative estimate of drug-likeness (QED) is 0.796. The van der Waals surface area contributed by atoms with E-state index in [2.05, 4.69) is 16.9 Å². The van der Waals surface area contributed by atoms with Crippen molar-refractivity contribution in [3.05, 3.63) is 23.7 Å². The molecule has 21 heavy (non-hydrogen) atoms. The predicted octanol–water partition coefficient (Wildman–Crippen LogP) is 1.04. The van der Waals surface area contributed by atoms with E-state index in [1.54, 1.807) is 11.1 Å². The van der Waals surface area contributed by atoms with E-state index >= 15 is 0 Å². The summed E-state index contributed by atoms with van der Waals surface area (Å²) in [4.78, 5) is 30.4. The van der Waals surface area contributed by atoms with Crippen LogP contribution in [0, 0.1) is 5.92 Å². The summed E-state index contributed by atoms with van der Waals surface area (Å²) in [5.41, 5.74) is 0. The highest BCUT2D eigenvalue weighted by atomic mass is 32.1. The van der Waals surface area contributed by atoms with E-state index in [4.69, 9.17) is 5.11 Å². The maximum absolute atomic E-state index is 12.2. The van der Waals surface area contributed by atoms with Crippen LogP contribution in [0.1, 0.15) is 17.7 Å². The summed E-state index contributed by atoms with van der Waals surface area (Å²) in [6, 6.07) is 0. The number of hydrogen-bond acceptors (Lipinski definition) is 5. The molecule has 2 amide bonds. The molecule has 6 nitrogen and oxygen atoms in total. The van der Waals surface area contributed by atoms with Crippen molar-refractivity contribution in [1.82, 2.24) is 9.88 Å². The number of thiazole rings is 1. The lowest BCUT2D eigenvalue weighted by atomic mass is 9.96. The molecule has 2 N–H and O–H groups in total. The fraction of sp³-hybridized carbons (Fsp3) is 0.500. The minimum absolute atomic E-state index is 0.0504. The van der Waals surface area contributed by atoms with Gasteiger partial charge < -0.3 is 15.3 Å². The van der Waals surface area contributed by atoms with E-state index in [9.17, 15) is 9.59 Å². The third-order valence-corrected chi connectivity index (χ3v) is 4.47. The third kappa shape index (κ3) is 4.12. The zero-order valence-corrected chi connectivity index (χ0v) is 12.6. The number of piperidine rings is 1. The van der Waals surface area contributed by atoms with Crippen LogP contribution in [0.2, 0.25) is 0 Å². The first-order valence-electron chi connectivity index (χ1n) is 6.91. The summed E-state index contributed by atoms with van der Waals surface area (Å²) < 4.78 is 0. The number of aromatic nitrogens is 1. The second kappa shape index (κ2) is 7.33. The highest BCUT2D eigenvalue weighted by molar-refractivity contribution is 7.15. The maximum atomic E-state index is 12.2. The minimum atomic E-state index is -0.0935. The zero-order valence-electron chi connectivity index (χ0n) is 11.7. The van der Waals surface area contributed by atoms with Gasteiger partial charge in [-0.1, -0.05) is 6.58 Å². The summed E-state index contributed by atoms with van der Waals surface area (Å²) in [6.07, 6.45) is 4.83. The number of nitrogens with one attached hydrogen (secondary N) is 1. The molecule has 0 spiro atoms. The molecular formula is C14H19N3O3S. The lowest BCUT2D eigenvalue weighted by Gasteiger charge is -2.30. The second-order valence-corrected chi connectivity index (χ2v) is 6.01. The number of carbonyl (C=O) groups excluding carboxylic acids is 2. The van der Waals surface area contributed by atoms with Gasteiger partial charge in [-0.2, -0.15) is 0 Å². The van der Waals surface area contributed by atoms with Crippen molar-refractivity contribution in [3.8, 4) is 0 Å². The molecule has 0 unspecified atom stereocenters. The van der Waals surface area contributed by atoms with E-state index in [0.717, 1.165) is 4.88 Å². The molecule has 1 aromatic heterocycles. The Morgan fingerprint density at radius 1 is 1.52 bits per heavy atom. The van der Waals surface area contributed by atoms with Gasteiger partial charge in [-0.15, -0.1) is 11.3 Å². The van der Waals surface area contributed by atoms with Crippen molar-refractivity contribution < 1.29 is 14.7 Å². The molecule has 1 saturated heterocycles. The molecule has 7 heteroatoms. The van der Waals surface area contributed by atoms with Crippen molar-refractivity contribution in [2.24, 2.45) is 5.92 Å². The van der Waals surface area contributed by atoms with Gasteiger partial charge in [0.25, 0.3) is 0 Å². The molecule has 0 aliphatic carbocycles. The van der Waals surface area contributed by atoms with Crippen LogP contribution in [0.3, 0.4) is 0 Å². The normalized spacial score (nSPS) is 15.8. The van der Waals surface area contributed by atoms with Crippen LogP contribution >= 0.6 is 11.3 Å². The molecule has 1 aliphatic heterocycles. The smallest absolute Gasteiger partial charge is 0.245 e. The number of carbonyl (C=O) groups is 2. The van der Waals surface area contributed by atoms with Crippen molar-refractivity contribution >= 4 is 28.3 Å². The maximum Gasteiger partial charge on any atom is 0.245 e. The SMILES string of the molecule is C=CC(=O)N1CCC(C(=O)Nc2ncc(CCO)s2)CC1. The average molecular weight is 309 g/mol. The number of rotatable bonds is 5. The number of hydrogen-bond donors (Lipinski definition) is 2. The number of aliphatic hydroxyl groups is 1. The topological polar surface area (TPSA) is 82.5 Å². The number of amides is 2. The first-order chi connectivity index (χ1) is 10.1. The largest absolute Gasteiger partial charge is 0.396 e. The van der Waals surface area contributed by atoms with E-state index < -0.39 is 0 Å². The van der Waals surface area contributed by atoms with Gasteiger partial charge in [0.2, 0.25) is 11.8 Å². The average Bonchev–Trinajstić information content (AvgIpc) is 2.94. The van der Waals surface area contributed by atoms with Gasteiger partial charge in [-0.25, -0.2) is 4.98 Å². The molecule has 114 valence electrons. The van der Waals surface area contributed by atoms with Gasteiger partial charge in [0.05, 0.1) is 0 Å². The van der Waals surface area contributed by atoms with Gasteiger partial charge in [-0.3, -0.25) is 9.59 Å². The molecule has 1 aliphatic rings.